The van der Waals surface area contributed by atoms with Crippen molar-refractivity contribution in [3.63, 3.8) is 0 Å². The summed E-state index contributed by atoms with van der Waals surface area (Å²) >= 11 is 0. The summed E-state index contributed by atoms with van der Waals surface area (Å²) in [5.74, 6) is 0. The summed E-state index contributed by atoms with van der Waals surface area (Å²) in [6.07, 6.45) is 9.75. The first kappa shape index (κ1) is 27.6. The van der Waals surface area contributed by atoms with Crippen LogP contribution in [0.3, 0.4) is 0 Å². The molecule has 0 amide bonds. The third-order valence-electron chi connectivity index (χ3n) is 6.29. The van der Waals surface area contributed by atoms with Crippen LogP contribution < -0.4 is 5.56 Å². The van der Waals surface area contributed by atoms with Crippen LogP contribution in [-0.2, 0) is 14.4 Å². The Kier molecular flexibility index (Phi) is 8.09. The lowest BCUT2D eigenvalue weighted by Crippen LogP contribution is -2.40. The average Bonchev–Trinajstić information content (AvgIpc) is 2.82. The number of hydrogen-bond donors (Lipinski definition) is 0. The maximum absolute atomic E-state index is 13.4. The smallest absolute Gasteiger partial charge is 0.281 e. The molecule has 3 rings (SSSR count). The van der Waals surface area contributed by atoms with E-state index in [2.05, 4.69) is 48.8 Å². The van der Waals surface area contributed by atoms with E-state index < -0.39 is 18.3 Å². The van der Waals surface area contributed by atoms with Gasteiger partial charge in [0.25, 0.3) is 5.56 Å². The van der Waals surface area contributed by atoms with Crippen LogP contribution in [0.15, 0.2) is 64.9 Å². The number of aromatic nitrogens is 4. The molecule has 2 aromatic heterocycles. The summed E-state index contributed by atoms with van der Waals surface area (Å²) < 4.78 is 33.7. The Morgan fingerprint density at radius 2 is 1.69 bits per heavy atom. The van der Waals surface area contributed by atoms with E-state index in [9.17, 15) is 13.2 Å². The van der Waals surface area contributed by atoms with Crippen molar-refractivity contribution in [1.82, 2.24) is 23.8 Å². The molecule has 0 atom stereocenters. The SMILES string of the molecule is CN(C)S(=O)(=O)c1ccc(-n2cc(/C=C/CO[Si](C)(C)C(C)(C)C)nc(-c3cncnc3)c2=O)cc1. The van der Waals surface area contributed by atoms with Gasteiger partial charge < -0.3 is 4.43 Å². The number of sulfonamides is 1. The largest absolute Gasteiger partial charge is 0.413 e. The second-order valence-electron chi connectivity index (χ2n) is 10.1. The monoisotopic (exact) mass is 527 g/mol. The first-order valence-corrected chi connectivity index (χ1v) is 15.8. The van der Waals surface area contributed by atoms with Crippen LogP contribution in [0.25, 0.3) is 23.0 Å². The fourth-order valence-corrected chi connectivity index (χ4v) is 4.87. The minimum atomic E-state index is -3.59. The topological polar surface area (TPSA) is 107 Å². The highest BCUT2D eigenvalue weighted by atomic mass is 32.2. The van der Waals surface area contributed by atoms with Gasteiger partial charge in [-0.1, -0.05) is 26.8 Å². The molecule has 11 heteroatoms. The number of nitrogens with zero attached hydrogens (tertiary/aromatic N) is 5. The van der Waals surface area contributed by atoms with Gasteiger partial charge in [0.05, 0.1) is 17.2 Å². The van der Waals surface area contributed by atoms with Gasteiger partial charge in [-0.2, -0.15) is 0 Å². The van der Waals surface area contributed by atoms with E-state index in [1.165, 1.54) is 49.5 Å². The Morgan fingerprint density at radius 3 is 2.25 bits per heavy atom. The molecule has 0 fully saturated rings. The maximum Gasteiger partial charge on any atom is 0.281 e. The van der Waals surface area contributed by atoms with E-state index in [0.717, 1.165) is 4.31 Å². The summed E-state index contributed by atoms with van der Waals surface area (Å²) in [5.41, 5.74) is 1.34. The van der Waals surface area contributed by atoms with E-state index >= 15 is 0 Å². The minimum Gasteiger partial charge on any atom is -0.413 e. The zero-order chi connectivity index (χ0) is 26.7. The summed E-state index contributed by atoms with van der Waals surface area (Å²) in [6.45, 7) is 11.4. The molecule has 9 nitrogen and oxygen atoms in total. The van der Waals surface area contributed by atoms with Gasteiger partial charge in [-0.15, -0.1) is 0 Å². The van der Waals surface area contributed by atoms with Gasteiger partial charge in [0.15, 0.2) is 8.32 Å². The molecule has 1 aromatic carbocycles. The molecule has 0 unspecified atom stereocenters. The van der Waals surface area contributed by atoms with Crippen molar-refractivity contribution in [2.75, 3.05) is 20.7 Å². The Bertz CT molecular complexity index is 1400. The number of benzene rings is 1. The Labute approximate surface area is 213 Å². The fourth-order valence-electron chi connectivity index (χ4n) is 3.02. The molecule has 0 saturated carbocycles. The lowest BCUT2D eigenvalue weighted by molar-refractivity contribution is 0.328. The third kappa shape index (κ3) is 6.04. The molecule has 0 N–H and O–H groups in total. The van der Waals surface area contributed by atoms with Crippen molar-refractivity contribution in [1.29, 1.82) is 0 Å². The van der Waals surface area contributed by atoms with Gasteiger partial charge in [-0.25, -0.2) is 27.7 Å². The fraction of sp³-hybridized carbons (Fsp3) is 0.360. The zero-order valence-corrected chi connectivity index (χ0v) is 23.6. The molecule has 2 heterocycles. The number of rotatable bonds is 8. The molecule has 3 aromatic rings. The van der Waals surface area contributed by atoms with Crippen molar-refractivity contribution < 1.29 is 12.8 Å². The maximum atomic E-state index is 13.4. The highest BCUT2D eigenvalue weighted by Crippen LogP contribution is 2.36. The van der Waals surface area contributed by atoms with Crippen molar-refractivity contribution in [2.45, 2.75) is 43.8 Å². The molecular weight excluding hydrogens is 494 g/mol. The second-order valence-corrected chi connectivity index (χ2v) is 17.0. The quantitative estimate of drug-likeness (QED) is 0.408. The summed E-state index contributed by atoms with van der Waals surface area (Å²) in [4.78, 5) is 26.1. The normalized spacial score (nSPS) is 13.0. The molecule has 0 aliphatic rings. The summed E-state index contributed by atoms with van der Waals surface area (Å²) in [6, 6.07) is 6.14. The molecule has 0 bridgehead atoms. The molecular formula is C25H33N5O4SSi. The first-order valence-electron chi connectivity index (χ1n) is 11.5. The number of hydrogen-bond acceptors (Lipinski definition) is 7. The van der Waals surface area contributed by atoms with Crippen LogP contribution in [0.4, 0.5) is 0 Å². The van der Waals surface area contributed by atoms with E-state index in [-0.39, 0.29) is 21.2 Å². The van der Waals surface area contributed by atoms with Gasteiger partial charge in [-0.3, -0.25) is 9.36 Å². The van der Waals surface area contributed by atoms with Gasteiger partial charge in [0, 0.05) is 43.9 Å². The molecule has 36 heavy (non-hydrogen) atoms. The van der Waals surface area contributed by atoms with Crippen molar-refractivity contribution in [3.8, 4) is 16.9 Å². The molecule has 0 spiro atoms. The molecule has 0 aliphatic heterocycles. The van der Waals surface area contributed by atoms with E-state index in [1.807, 2.05) is 6.08 Å². The minimum absolute atomic E-state index is 0.0963. The lowest BCUT2D eigenvalue weighted by Gasteiger charge is -2.35. The van der Waals surface area contributed by atoms with Crippen LogP contribution in [-0.4, -0.2) is 61.3 Å². The summed E-state index contributed by atoms with van der Waals surface area (Å²) in [7, 11) is -2.55. The average molecular weight is 528 g/mol. The lowest BCUT2D eigenvalue weighted by atomic mass is 10.2. The predicted octanol–water partition coefficient (Wildman–Crippen LogP) is 3.97. The Hall–Kier alpha value is -2.99. The van der Waals surface area contributed by atoms with E-state index in [0.29, 0.717) is 23.6 Å². The van der Waals surface area contributed by atoms with Crippen LogP contribution in [0.5, 0.6) is 0 Å². The van der Waals surface area contributed by atoms with E-state index in [4.69, 9.17) is 4.43 Å². The van der Waals surface area contributed by atoms with E-state index in [1.54, 1.807) is 24.4 Å². The van der Waals surface area contributed by atoms with Crippen molar-refractivity contribution >= 4 is 24.4 Å². The Morgan fingerprint density at radius 1 is 1.08 bits per heavy atom. The second kappa shape index (κ2) is 10.6. The van der Waals surface area contributed by atoms with Gasteiger partial charge >= 0.3 is 0 Å². The highest BCUT2D eigenvalue weighted by Gasteiger charge is 2.36. The van der Waals surface area contributed by atoms with Crippen molar-refractivity contribution in [3.05, 3.63) is 71.3 Å². The van der Waals surface area contributed by atoms with Gasteiger partial charge in [0.1, 0.15) is 12.0 Å². The standard InChI is InChI=1S/C25H33N5O4SSi/c1-25(2,3)36(6,7)34-14-8-9-20-17-30(24(31)23(28-20)19-15-26-18-27-16-19)21-10-12-22(13-11-21)35(32,33)29(4)5/h8-13,15-18H,14H2,1-7H3/b9-8+. The van der Waals surface area contributed by atoms with Crippen LogP contribution in [0.2, 0.25) is 18.1 Å². The molecule has 0 aliphatic carbocycles. The molecule has 0 radical (unpaired) electrons. The van der Waals surface area contributed by atoms with Crippen LogP contribution >= 0.6 is 0 Å². The predicted molar refractivity (Wildman–Crippen MR) is 144 cm³/mol. The first-order chi connectivity index (χ1) is 16.7. The van der Waals surface area contributed by atoms with Crippen molar-refractivity contribution in [2.24, 2.45) is 0 Å². The molecule has 192 valence electrons. The van der Waals surface area contributed by atoms with Gasteiger partial charge in [-0.05, 0) is 48.5 Å². The molecule has 0 saturated heterocycles. The van der Waals surface area contributed by atoms with Crippen LogP contribution in [0.1, 0.15) is 26.5 Å². The third-order valence-corrected chi connectivity index (χ3v) is 12.6. The summed E-state index contributed by atoms with van der Waals surface area (Å²) in [5, 5.41) is 0.0963. The Balaban J connectivity index is 2.02. The van der Waals surface area contributed by atoms with Gasteiger partial charge in [0.2, 0.25) is 10.0 Å². The highest BCUT2D eigenvalue weighted by molar-refractivity contribution is 7.89. The zero-order valence-electron chi connectivity index (χ0n) is 21.8. The van der Waals surface area contributed by atoms with Crippen LogP contribution in [0, 0.1) is 0 Å².